The van der Waals surface area contributed by atoms with E-state index in [9.17, 15) is 4.79 Å². The average Bonchev–Trinajstić information content (AvgIpc) is 3.68. The Balaban J connectivity index is 1.53. The Morgan fingerprint density at radius 2 is 2.03 bits per heavy atom. The molecule has 0 unspecified atom stereocenters. The Morgan fingerprint density at radius 3 is 2.65 bits per heavy atom. The molecule has 2 saturated carbocycles. The number of rotatable bonds is 8. The number of carbonyl (C=O) groups is 1. The van der Waals surface area contributed by atoms with Crippen LogP contribution < -0.4 is 10.6 Å². The highest BCUT2D eigenvalue weighted by Crippen LogP contribution is 2.36. The van der Waals surface area contributed by atoms with E-state index in [-0.39, 0.29) is 11.4 Å². The van der Waals surface area contributed by atoms with Crippen molar-refractivity contribution in [3.05, 3.63) is 40.1 Å². The van der Waals surface area contributed by atoms with Gasteiger partial charge in [0, 0.05) is 35.3 Å². The van der Waals surface area contributed by atoms with Gasteiger partial charge in [0.25, 0.3) is 5.91 Å². The predicted octanol–water partition coefficient (Wildman–Crippen LogP) is 3.59. The van der Waals surface area contributed by atoms with Gasteiger partial charge in [-0.25, -0.2) is 15.0 Å². The van der Waals surface area contributed by atoms with Crippen LogP contribution in [0.5, 0.6) is 0 Å². The fourth-order valence-electron chi connectivity index (χ4n) is 4.12. The second-order valence-electron chi connectivity index (χ2n) is 9.64. The zero-order valence-electron chi connectivity index (χ0n) is 19.2. The molecule has 0 aromatic carbocycles. The van der Waals surface area contributed by atoms with Crippen LogP contribution in [0.4, 0.5) is 5.82 Å². The van der Waals surface area contributed by atoms with Crippen molar-refractivity contribution in [2.75, 3.05) is 18.4 Å². The average molecular weight is 423 g/mol. The SMILES string of the molecule is C=N/C(NC1(C)CC1)=C(\C)C(C(=O)N1CCc2c(ncnc2NCC2CC2)C1)=C(C)C. The number of anilines is 1. The van der Waals surface area contributed by atoms with E-state index in [1.165, 1.54) is 12.8 Å². The zero-order chi connectivity index (χ0) is 22.2. The molecule has 0 atom stereocenters. The molecule has 0 radical (unpaired) electrons. The van der Waals surface area contributed by atoms with Crippen molar-refractivity contribution in [1.82, 2.24) is 20.2 Å². The van der Waals surface area contributed by atoms with Crippen LogP contribution in [-0.2, 0) is 17.8 Å². The number of hydrogen-bond acceptors (Lipinski definition) is 6. The monoisotopic (exact) mass is 422 g/mol. The van der Waals surface area contributed by atoms with Gasteiger partial charge in [0.05, 0.1) is 12.2 Å². The van der Waals surface area contributed by atoms with E-state index in [0.29, 0.717) is 24.5 Å². The summed E-state index contributed by atoms with van der Waals surface area (Å²) in [6.45, 7) is 14.0. The predicted molar refractivity (Wildman–Crippen MR) is 124 cm³/mol. The van der Waals surface area contributed by atoms with Gasteiger partial charge in [0.2, 0.25) is 0 Å². The standard InChI is InChI=1S/C24H34N6O/c1-15(2)20(16(3)21(25-5)29-24(4)9-10-24)23(31)30-11-8-18-19(13-30)27-14-28-22(18)26-12-17-6-7-17/h14,17,29H,5-13H2,1-4H3,(H,26,27,28)/b21-16-. The number of allylic oxidation sites excluding steroid dienone is 1. The largest absolute Gasteiger partial charge is 0.369 e. The summed E-state index contributed by atoms with van der Waals surface area (Å²) in [5.74, 6) is 2.44. The van der Waals surface area contributed by atoms with Crippen molar-refractivity contribution in [2.24, 2.45) is 10.9 Å². The maximum Gasteiger partial charge on any atom is 0.254 e. The molecule has 31 heavy (non-hydrogen) atoms. The Hall–Kier alpha value is -2.70. The van der Waals surface area contributed by atoms with Crippen molar-refractivity contribution in [2.45, 2.75) is 71.9 Å². The molecule has 0 spiro atoms. The second-order valence-corrected chi connectivity index (χ2v) is 9.64. The van der Waals surface area contributed by atoms with Crippen LogP contribution in [0.3, 0.4) is 0 Å². The number of aliphatic imine (C=N–C) groups is 1. The van der Waals surface area contributed by atoms with Crippen LogP contribution in [0.15, 0.2) is 33.9 Å². The Bertz CT molecular complexity index is 951. The minimum absolute atomic E-state index is 0.0261. The van der Waals surface area contributed by atoms with E-state index in [2.05, 4.69) is 39.2 Å². The zero-order valence-corrected chi connectivity index (χ0v) is 19.2. The molecule has 4 rings (SSSR count). The minimum Gasteiger partial charge on any atom is -0.369 e. The molecule has 0 saturated heterocycles. The van der Waals surface area contributed by atoms with Crippen LogP contribution in [0.2, 0.25) is 0 Å². The quantitative estimate of drug-likeness (QED) is 0.380. The van der Waals surface area contributed by atoms with Gasteiger partial charge in [-0.15, -0.1) is 0 Å². The van der Waals surface area contributed by atoms with E-state index < -0.39 is 0 Å². The van der Waals surface area contributed by atoms with Crippen molar-refractivity contribution < 1.29 is 4.79 Å². The van der Waals surface area contributed by atoms with Crippen LogP contribution >= 0.6 is 0 Å². The lowest BCUT2D eigenvalue weighted by Crippen LogP contribution is -2.38. The van der Waals surface area contributed by atoms with Crippen molar-refractivity contribution in [1.29, 1.82) is 0 Å². The molecule has 7 heteroatoms. The van der Waals surface area contributed by atoms with Gasteiger partial charge in [0.1, 0.15) is 18.0 Å². The highest BCUT2D eigenvalue weighted by atomic mass is 16.2. The molecule has 1 aliphatic heterocycles. The van der Waals surface area contributed by atoms with Gasteiger partial charge in [-0.2, -0.15) is 0 Å². The number of carbonyl (C=O) groups excluding carboxylic acids is 1. The fourth-order valence-corrected chi connectivity index (χ4v) is 4.12. The third-order valence-corrected chi connectivity index (χ3v) is 6.57. The minimum atomic E-state index is 0.0261. The van der Waals surface area contributed by atoms with Gasteiger partial charge in [-0.3, -0.25) is 4.79 Å². The van der Waals surface area contributed by atoms with Crippen LogP contribution in [0.1, 0.15) is 64.6 Å². The van der Waals surface area contributed by atoms with E-state index in [0.717, 1.165) is 59.9 Å². The van der Waals surface area contributed by atoms with Gasteiger partial charge in [0.15, 0.2) is 0 Å². The lowest BCUT2D eigenvalue weighted by atomic mass is 9.98. The van der Waals surface area contributed by atoms with Gasteiger partial charge < -0.3 is 15.5 Å². The number of amides is 1. The Labute approximate surface area is 185 Å². The first-order valence-corrected chi connectivity index (χ1v) is 11.3. The third kappa shape index (κ3) is 4.81. The summed E-state index contributed by atoms with van der Waals surface area (Å²) < 4.78 is 0. The first-order chi connectivity index (χ1) is 14.8. The van der Waals surface area contributed by atoms with Gasteiger partial charge in [-0.05, 0) is 72.4 Å². The van der Waals surface area contributed by atoms with Crippen LogP contribution in [-0.4, -0.2) is 46.1 Å². The summed E-state index contributed by atoms with van der Waals surface area (Å²) in [4.78, 5) is 28.7. The number of hydrogen-bond donors (Lipinski definition) is 2. The summed E-state index contributed by atoms with van der Waals surface area (Å²) in [6.07, 6.45) is 7.19. The normalized spacial score (nSPS) is 19.7. The van der Waals surface area contributed by atoms with E-state index in [1.54, 1.807) is 6.33 Å². The molecule has 166 valence electrons. The van der Waals surface area contributed by atoms with Crippen LogP contribution in [0, 0.1) is 5.92 Å². The van der Waals surface area contributed by atoms with E-state index in [1.807, 2.05) is 25.7 Å². The topological polar surface area (TPSA) is 82.5 Å². The smallest absolute Gasteiger partial charge is 0.254 e. The molecule has 1 amide bonds. The van der Waals surface area contributed by atoms with Crippen molar-refractivity contribution in [3.63, 3.8) is 0 Å². The molecule has 2 fully saturated rings. The van der Waals surface area contributed by atoms with Crippen LogP contribution in [0.25, 0.3) is 0 Å². The molecule has 2 N–H and O–H groups in total. The summed E-state index contributed by atoms with van der Waals surface area (Å²) in [7, 11) is 0. The number of fused-ring (bicyclic) bond motifs is 1. The third-order valence-electron chi connectivity index (χ3n) is 6.57. The van der Waals surface area contributed by atoms with E-state index >= 15 is 0 Å². The summed E-state index contributed by atoms with van der Waals surface area (Å²) in [5, 5.41) is 6.97. The van der Waals surface area contributed by atoms with E-state index in [4.69, 9.17) is 0 Å². The maximum absolute atomic E-state index is 13.6. The van der Waals surface area contributed by atoms with Gasteiger partial charge in [-0.1, -0.05) is 5.57 Å². The lowest BCUT2D eigenvalue weighted by Gasteiger charge is -2.30. The highest BCUT2D eigenvalue weighted by Gasteiger charge is 2.38. The summed E-state index contributed by atoms with van der Waals surface area (Å²) in [5.41, 5.74) is 4.70. The first kappa shape index (κ1) is 21.5. The van der Waals surface area contributed by atoms with Crippen molar-refractivity contribution >= 4 is 18.4 Å². The second kappa shape index (κ2) is 8.44. The fraction of sp³-hybridized carbons (Fsp3) is 0.583. The number of nitrogens with zero attached hydrogens (tertiary/aromatic N) is 4. The molecule has 7 nitrogen and oxygen atoms in total. The molecule has 1 aromatic heterocycles. The first-order valence-electron chi connectivity index (χ1n) is 11.3. The lowest BCUT2D eigenvalue weighted by molar-refractivity contribution is -0.127. The molecule has 2 aliphatic carbocycles. The van der Waals surface area contributed by atoms with Gasteiger partial charge >= 0.3 is 0 Å². The highest BCUT2D eigenvalue weighted by molar-refractivity contribution is 5.98. The molecule has 1 aromatic rings. The maximum atomic E-state index is 13.6. The summed E-state index contributed by atoms with van der Waals surface area (Å²) in [6, 6.07) is 0. The number of aromatic nitrogens is 2. The molecular weight excluding hydrogens is 388 g/mol. The molecule has 3 aliphatic rings. The Kier molecular flexibility index (Phi) is 5.86. The summed E-state index contributed by atoms with van der Waals surface area (Å²) >= 11 is 0. The van der Waals surface area contributed by atoms with Crippen molar-refractivity contribution in [3.8, 4) is 0 Å². The molecule has 2 heterocycles. The molecular formula is C24H34N6O. The molecule has 0 bridgehead atoms. The number of nitrogens with one attached hydrogen (secondary N) is 2. The Morgan fingerprint density at radius 1 is 1.29 bits per heavy atom.